The summed E-state index contributed by atoms with van der Waals surface area (Å²) in [6.07, 6.45) is 2.75. The van der Waals surface area contributed by atoms with E-state index in [0.29, 0.717) is 31.5 Å². The Kier molecular flexibility index (Phi) is 5.06. The van der Waals surface area contributed by atoms with Crippen LogP contribution in [0.4, 0.5) is 5.95 Å². The van der Waals surface area contributed by atoms with Gasteiger partial charge in [-0.05, 0) is 18.6 Å². The number of nitrogens with zero attached hydrogens (tertiary/aromatic N) is 4. The van der Waals surface area contributed by atoms with E-state index in [1.165, 1.54) is 0 Å². The van der Waals surface area contributed by atoms with Crippen molar-refractivity contribution in [2.24, 2.45) is 0 Å². The van der Waals surface area contributed by atoms with Crippen molar-refractivity contribution < 1.29 is 9.53 Å². The van der Waals surface area contributed by atoms with Crippen molar-refractivity contribution in [3.63, 3.8) is 0 Å². The molecule has 0 aliphatic carbocycles. The maximum absolute atomic E-state index is 12.8. The third kappa shape index (κ3) is 3.66. The van der Waals surface area contributed by atoms with E-state index < -0.39 is 0 Å². The van der Waals surface area contributed by atoms with Crippen molar-refractivity contribution in [2.45, 2.75) is 23.3 Å². The van der Waals surface area contributed by atoms with Crippen molar-refractivity contribution in [3.8, 4) is 0 Å². The fourth-order valence-corrected chi connectivity index (χ4v) is 4.57. The molecule has 1 atom stereocenters. The fraction of sp³-hybridized carbons (Fsp3) is 0.450. The standard InChI is InChI=1S/C20H24N4O2S/c1-23(2)19-21-10-15-11-26-14-20(18(15)22-19)8-9-24(13-20)17(25)12-27-16-6-4-3-5-7-16/h3-7,10H,8-9,11-14H2,1-2H3/t20-/m0/s1. The lowest BCUT2D eigenvalue weighted by Gasteiger charge is -2.34. The molecule has 1 fully saturated rings. The second kappa shape index (κ2) is 7.48. The molecule has 2 aliphatic rings. The van der Waals surface area contributed by atoms with Crippen molar-refractivity contribution >= 4 is 23.6 Å². The first-order valence-corrected chi connectivity index (χ1v) is 10.1. The quantitative estimate of drug-likeness (QED) is 0.754. The average Bonchev–Trinajstić information content (AvgIpc) is 3.12. The van der Waals surface area contributed by atoms with Crippen LogP contribution in [0, 0.1) is 0 Å². The summed E-state index contributed by atoms with van der Waals surface area (Å²) in [5, 5.41) is 0. The topological polar surface area (TPSA) is 58.6 Å². The molecule has 2 aromatic rings. The molecule has 6 nitrogen and oxygen atoms in total. The highest BCUT2D eigenvalue weighted by Crippen LogP contribution is 2.39. The molecule has 142 valence electrons. The Morgan fingerprint density at radius 3 is 2.93 bits per heavy atom. The third-order valence-electron chi connectivity index (χ3n) is 5.20. The number of benzene rings is 1. The summed E-state index contributed by atoms with van der Waals surface area (Å²) in [5.74, 6) is 1.34. The molecule has 0 radical (unpaired) electrons. The molecule has 27 heavy (non-hydrogen) atoms. The largest absolute Gasteiger partial charge is 0.376 e. The van der Waals surface area contributed by atoms with Gasteiger partial charge in [0.1, 0.15) is 0 Å². The van der Waals surface area contributed by atoms with Crippen LogP contribution in [0.15, 0.2) is 41.4 Å². The Balaban J connectivity index is 1.49. The number of ether oxygens (including phenoxy) is 1. The van der Waals surface area contributed by atoms with Gasteiger partial charge in [0.05, 0.1) is 30.1 Å². The lowest BCUT2D eigenvalue weighted by molar-refractivity contribution is -0.127. The van der Waals surface area contributed by atoms with E-state index in [0.717, 1.165) is 29.1 Å². The monoisotopic (exact) mass is 384 g/mol. The van der Waals surface area contributed by atoms with Gasteiger partial charge < -0.3 is 14.5 Å². The number of aromatic nitrogens is 2. The SMILES string of the molecule is CN(C)c1ncc2c(n1)[C@]1(CCN(C(=O)CSc3ccccc3)C1)COC2. The van der Waals surface area contributed by atoms with Crippen LogP contribution in [0.25, 0.3) is 0 Å². The van der Waals surface area contributed by atoms with Gasteiger partial charge in [-0.2, -0.15) is 0 Å². The predicted octanol–water partition coefficient (Wildman–Crippen LogP) is 2.34. The normalized spacial score (nSPS) is 21.3. The molecule has 0 unspecified atom stereocenters. The van der Waals surface area contributed by atoms with Crippen molar-refractivity contribution in [1.29, 1.82) is 0 Å². The summed E-state index contributed by atoms with van der Waals surface area (Å²) < 4.78 is 5.85. The summed E-state index contributed by atoms with van der Waals surface area (Å²) in [5.41, 5.74) is 1.88. The first kappa shape index (κ1) is 18.3. The summed E-state index contributed by atoms with van der Waals surface area (Å²) in [6.45, 7) is 2.57. The van der Waals surface area contributed by atoms with Gasteiger partial charge in [-0.15, -0.1) is 11.8 Å². The van der Waals surface area contributed by atoms with Crippen LogP contribution in [-0.2, 0) is 21.6 Å². The van der Waals surface area contributed by atoms with Crippen LogP contribution in [0.2, 0.25) is 0 Å². The second-order valence-corrected chi connectivity index (χ2v) is 8.43. The molecule has 0 saturated carbocycles. The number of carbonyl (C=O) groups excluding carboxylic acids is 1. The molecule has 0 N–H and O–H groups in total. The van der Waals surface area contributed by atoms with E-state index in [4.69, 9.17) is 9.72 Å². The van der Waals surface area contributed by atoms with Crippen LogP contribution in [0.1, 0.15) is 17.7 Å². The molecular weight excluding hydrogens is 360 g/mol. The van der Waals surface area contributed by atoms with Gasteiger partial charge in [0.2, 0.25) is 11.9 Å². The number of hydrogen-bond donors (Lipinski definition) is 0. The maximum atomic E-state index is 12.8. The van der Waals surface area contributed by atoms with E-state index in [1.807, 2.05) is 60.4 Å². The van der Waals surface area contributed by atoms with E-state index in [1.54, 1.807) is 11.8 Å². The van der Waals surface area contributed by atoms with Crippen LogP contribution in [0.5, 0.6) is 0 Å². The molecule has 1 aromatic heterocycles. The molecule has 1 amide bonds. The van der Waals surface area contributed by atoms with E-state index in [-0.39, 0.29) is 11.3 Å². The smallest absolute Gasteiger partial charge is 0.232 e. The van der Waals surface area contributed by atoms with Gasteiger partial charge >= 0.3 is 0 Å². The molecule has 0 bridgehead atoms. The summed E-state index contributed by atoms with van der Waals surface area (Å²) in [7, 11) is 3.89. The average molecular weight is 385 g/mol. The van der Waals surface area contributed by atoms with E-state index in [2.05, 4.69) is 4.98 Å². The Hall–Kier alpha value is -2.12. The number of thioether (sulfide) groups is 1. The van der Waals surface area contributed by atoms with Gasteiger partial charge in [0.15, 0.2) is 0 Å². The molecule has 1 aromatic carbocycles. The highest BCUT2D eigenvalue weighted by molar-refractivity contribution is 8.00. The van der Waals surface area contributed by atoms with Crippen molar-refractivity contribution in [2.75, 3.05) is 44.4 Å². The second-order valence-electron chi connectivity index (χ2n) is 7.38. The Morgan fingerprint density at radius 1 is 1.33 bits per heavy atom. The number of rotatable bonds is 4. The van der Waals surface area contributed by atoms with Crippen LogP contribution in [0.3, 0.4) is 0 Å². The highest BCUT2D eigenvalue weighted by atomic mass is 32.2. The lowest BCUT2D eigenvalue weighted by Crippen LogP contribution is -2.42. The Bertz CT molecular complexity index is 830. The van der Waals surface area contributed by atoms with E-state index in [9.17, 15) is 4.79 Å². The first-order chi connectivity index (χ1) is 13.1. The Morgan fingerprint density at radius 2 is 2.15 bits per heavy atom. The minimum Gasteiger partial charge on any atom is -0.376 e. The number of hydrogen-bond acceptors (Lipinski definition) is 6. The first-order valence-electron chi connectivity index (χ1n) is 9.14. The zero-order chi connectivity index (χ0) is 18.9. The molecule has 1 saturated heterocycles. The summed E-state index contributed by atoms with van der Waals surface area (Å²) in [6, 6.07) is 10.1. The summed E-state index contributed by atoms with van der Waals surface area (Å²) in [4.78, 5) is 27.0. The summed E-state index contributed by atoms with van der Waals surface area (Å²) >= 11 is 1.59. The molecule has 2 aliphatic heterocycles. The minimum absolute atomic E-state index is 0.176. The fourth-order valence-electron chi connectivity index (χ4n) is 3.75. The zero-order valence-electron chi connectivity index (χ0n) is 15.7. The van der Waals surface area contributed by atoms with Gasteiger partial charge in [0, 0.05) is 43.8 Å². The molecule has 7 heteroatoms. The number of carbonyl (C=O) groups is 1. The number of likely N-dealkylation sites (tertiary alicyclic amines) is 1. The maximum Gasteiger partial charge on any atom is 0.232 e. The molecule has 4 rings (SSSR count). The molecular formula is C20H24N4O2S. The molecule has 1 spiro atoms. The van der Waals surface area contributed by atoms with Gasteiger partial charge in [-0.1, -0.05) is 18.2 Å². The zero-order valence-corrected chi connectivity index (χ0v) is 16.5. The Labute approximate surface area is 163 Å². The minimum atomic E-state index is -0.214. The van der Waals surface area contributed by atoms with Gasteiger partial charge in [-0.3, -0.25) is 4.79 Å². The van der Waals surface area contributed by atoms with Crippen LogP contribution >= 0.6 is 11.8 Å². The van der Waals surface area contributed by atoms with Gasteiger partial charge in [-0.25, -0.2) is 9.97 Å². The third-order valence-corrected chi connectivity index (χ3v) is 6.20. The number of fused-ring (bicyclic) bond motifs is 2. The van der Waals surface area contributed by atoms with Crippen LogP contribution in [-0.4, -0.2) is 60.3 Å². The van der Waals surface area contributed by atoms with Crippen molar-refractivity contribution in [3.05, 3.63) is 47.8 Å². The van der Waals surface area contributed by atoms with E-state index >= 15 is 0 Å². The van der Waals surface area contributed by atoms with Crippen molar-refractivity contribution in [1.82, 2.24) is 14.9 Å². The highest BCUT2D eigenvalue weighted by Gasteiger charge is 2.46. The molecule has 3 heterocycles. The lowest BCUT2D eigenvalue weighted by atomic mass is 9.80. The predicted molar refractivity (Wildman–Crippen MR) is 106 cm³/mol. The number of amides is 1. The number of anilines is 1. The van der Waals surface area contributed by atoms with Crippen LogP contribution < -0.4 is 4.90 Å². The van der Waals surface area contributed by atoms with Gasteiger partial charge in [0.25, 0.3) is 0 Å².